The lowest BCUT2D eigenvalue weighted by Gasteiger charge is -2.63. The third-order valence-electron chi connectivity index (χ3n) is 10.0. The average Bonchev–Trinajstić information content (AvgIpc) is 3.16. The van der Waals surface area contributed by atoms with E-state index in [0.29, 0.717) is 35.8 Å². The Balaban J connectivity index is 1.47. The Bertz CT molecular complexity index is 689. The van der Waals surface area contributed by atoms with Crippen molar-refractivity contribution in [2.24, 2.45) is 40.2 Å². The van der Waals surface area contributed by atoms with Crippen molar-refractivity contribution in [1.29, 1.82) is 0 Å². The van der Waals surface area contributed by atoms with Crippen molar-refractivity contribution in [1.82, 2.24) is 0 Å². The molecule has 8 atom stereocenters. The first-order valence-corrected chi connectivity index (χ1v) is 11.1. The zero-order valence-electron chi connectivity index (χ0n) is 16.9. The number of rotatable bonds is 1. The van der Waals surface area contributed by atoms with Gasteiger partial charge in [0, 0.05) is 17.5 Å². The summed E-state index contributed by atoms with van der Waals surface area (Å²) in [5.74, 6) is 1.84. The molecule has 27 heavy (non-hydrogen) atoms. The van der Waals surface area contributed by atoms with Gasteiger partial charge in [-0.2, -0.15) is 0 Å². The molecule has 150 valence electrons. The number of esters is 1. The maximum Gasteiger partial charge on any atom is 0.331 e. The van der Waals surface area contributed by atoms with E-state index in [2.05, 4.69) is 13.8 Å². The smallest absolute Gasteiger partial charge is 0.331 e. The van der Waals surface area contributed by atoms with E-state index >= 15 is 0 Å². The molecule has 1 aliphatic heterocycles. The maximum atomic E-state index is 12.1. The van der Waals surface area contributed by atoms with Crippen LogP contribution >= 0.6 is 0 Å². The van der Waals surface area contributed by atoms with Gasteiger partial charge in [0.05, 0.1) is 5.60 Å². The fraction of sp³-hybridized carbons (Fsp3) is 0.870. The Kier molecular flexibility index (Phi) is 3.92. The van der Waals surface area contributed by atoms with Crippen LogP contribution in [0.25, 0.3) is 0 Å². The van der Waals surface area contributed by atoms with Crippen molar-refractivity contribution in [2.45, 2.75) is 83.3 Å². The molecule has 0 unspecified atom stereocenters. The molecule has 0 radical (unpaired) electrons. The molecular formula is C23H35NO3. The average molecular weight is 374 g/mol. The maximum absolute atomic E-state index is 12.1. The predicted octanol–water partition coefficient (Wildman–Crippen LogP) is 3.57. The number of carbonyl (C=O) groups excluding carboxylic acids is 1. The van der Waals surface area contributed by atoms with Crippen molar-refractivity contribution >= 4 is 5.97 Å². The number of carbonyl (C=O) groups is 1. The number of hydrogen-bond donors (Lipinski definition) is 2. The molecule has 4 nitrogen and oxygen atoms in total. The fourth-order valence-corrected chi connectivity index (χ4v) is 8.44. The summed E-state index contributed by atoms with van der Waals surface area (Å²) >= 11 is 0. The highest BCUT2D eigenvalue weighted by Crippen LogP contribution is 2.69. The minimum Gasteiger partial charge on any atom is -0.458 e. The second-order valence-corrected chi connectivity index (χ2v) is 10.8. The molecule has 0 aromatic rings. The minimum absolute atomic E-state index is 0.123. The Morgan fingerprint density at radius 1 is 1.07 bits per heavy atom. The lowest BCUT2D eigenvalue weighted by molar-refractivity contribution is -0.204. The highest BCUT2D eigenvalue weighted by molar-refractivity contribution is 5.85. The summed E-state index contributed by atoms with van der Waals surface area (Å²) in [5.41, 5.74) is 7.06. The Hall–Kier alpha value is -0.870. The topological polar surface area (TPSA) is 72.6 Å². The van der Waals surface area contributed by atoms with Crippen LogP contribution in [0.1, 0.15) is 71.6 Å². The molecule has 4 heteroatoms. The highest BCUT2D eigenvalue weighted by atomic mass is 16.5. The van der Waals surface area contributed by atoms with Gasteiger partial charge >= 0.3 is 5.97 Å². The number of fused-ring (bicyclic) bond motifs is 5. The molecule has 0 aromatic carbocycles. The molecule has 0 aromatic heterocycles. The van der Waals surface area contributed by atoms with E-state index in [-0.39, 0.29) is 11.4 Å². The van der Waals surface area contributed by atoms with Crippen molar-refractivity contribution in [2.75, 3.05) is 6.61 Å². The summed E-state index contributed by atoms with van der Waals surface area (Å²) < 4.78 is 5.21. The highest BCUT2D eigenvalue weighted by Gasteiger charge is 2.67. The van der Waals surface area contributed by atoms with Crippen LogP contribution in [-0.2, 0) is 9.53 Å². The van der Waals surface area contributed by atoms with Gasteiger partial charge in [0.2, 0.25) is 0 Å². The van der Waals surface area contributed by atoms with E-state index in [9.17, 15) is 9.90 Å². The third kappa shape index (κ3) is 2.32. The molecule has 4 saturated carbocycles. The Labute approximate surface area is 162 Å². The van der Waals surface area contributed by atoms with Crippen LogP contribution < -0.4 is 5.73 Å². The van der Waals surface area contributed by atoms with Gasteiger partial charge in [-0.05, 0) is 92.4 Å². The summed E-state index contributed by atoms with van der Waals surface area (Å²) in [5, 5.41) is 12.1. The summed E-state index contributed by atoms with van der Waals surface area (Å²) in [6.45, 7) is 5.24. The molecule has 0 saturated heterocycles. The van der Waals surface area contributed by atoms with Gasteiger partial charge in [-0.1, -0.05) is 13.8 Å². The van der Waals surface area contributed by atoms with Crippen LogP contribution in [0.15, 0.2) is 11.6 Å². The zero-order chi connectivity index (χ0) is 19.0. The summed E-state index contributed by atoms with van der Waals surface area (Å²) in [6.07, 6.45) is 11.7. The first kappa shape index (κ1) is 18.2. The molecule has 0 spiro atoms. The number of hydrogen-bond acceptors (Lipinski definition) is 4. The molecule has 4 fully saturated rings. The van der Waals surface area contributed by atoms with Gasteiger partial charge in [-0.3, -0.25) is 0 Å². The van der Waals surface area contributed by atoms with E-state index in [1.54, 1.807) is 6.08 Å². The largest absolute Gasteiger partial charge is 0.458 e. The number of aliphatic hydroxyl groups is 1. The van der Waals surface area contributed by atoms with E-state index in [0.717, 1.165) is 43.6 Å². The zero-order valence-corrected chi connectivity index (χ0v) is 16.9. The van der Waals surface area contributed by atoms with E-state index in [1.165, 1.54) is 25.7 Å². The Morgan fingerprint density at radius 2 is 1.89 bits per heavy atom. The third-order valence-corrected chi connectivity index (χ3v) is 10.0. The number of ether oxygens (including phenoxy) is 1. The quantitative estimate of drug-likeness (QED) is 0.689. The number of cyclic esters (lactones) is 1. The predicted molar refractivity (Wildman–Crippen MR) is 104 cm³/mol. The van der Waals surface area contributed by atoms with Crippen LogP contribution in [0.5, 0.6) is 0 Å². The minimum atomic E-state index is -0.597. The molecular weight excluding hydrogens is 338 g/mol. The van der Waals surface area contributed by atoms with Gasteiger partial charge in [-0.15, -0.1) is 0 Å². The second-order valence-electron chi connectivity index (χ2n) is 10.8. The van der Waals surface area contributed by atoms with E-state index in [1.807, 2.05) is 0 Å². The standard InChI is InChI=1S/C23H35NO3/c1-21-8-5-16(24)12-15(21)3-4-19-18(21)6-9-22(2)17(7-10-23(19,22)26)14-11-20(25)27-13-14/h11,15-19,26H,3-10,12-13,24H2,1-2H3/t15-,16-,17-,18+,19-,21+,22-,23+/m1/s1. The summed E-state index contributed by atoms with van der Waals surface area (Å²) in [4.78, 5) is 11.6. The summed E-state index contributed by atoms with van der Waals surface area (Å²) in [7, 11) is 0. The van der Waals surface area contributed by atoms with E-state index in [4.69, 9.17) is 10.5 Å². The monoisotopic (exact) mass is 373 g/mol. The molecule has 0 bridgehead atoms. The fourth-order valence-electron chi connectivity index (χ4n) is 8.44. The first-order valence-electron chi connectivity index (χ1n) is 11.1. The second kappa shape index (κ2) is 5.82. The van der Waals surface area contributed by atoms with Crippen LogP contribution in [0, 0.1) is 34.5 Å². The Morgan fingerprint density at radius 3 is 2.63 bits per heavy atom. The van der Waals surface area contributed by atoms with Crippen molar-refractivity contribution < 1.29 is 14.6 Å². The first-order chi connectivity index (χ1) is 12.8. The molecule has 4 aliphatic carbocycles. The SMILES string of the molecule is C[C@]12CC[C@@H](N)C[C@H]1CC[C@@H]1[C@@H]2CC[C@]2(C)[C@@H](C3=CC(=O)OC3)CC[C@]12O. The normalized spacial score (nSPS) is 54.6. The van der Waals surface area contributed by atoms with Gasteiger partial charge in [-0.25, -0.2) is 4.79 Å². The van der Waals surface area contributed by atoms with Gasteiger partial charge in [0.25, 0.3) is 0 Å². The van der Waals surface area contributed by atoms with Crippen molar-refractivity contribution in [3.8, 4) is 0 Å². The molecule has 3 N–H and O–H groups in total. The number of nitrogens with two attached hydrogens (primary N) is 1. The molecule has 1 heterocycles. The van der Waals surface area contributed by atoms with Crippen LogP contribution in [-0.4, -0.2) is 29.3 Å². The van der Waals surface area contributed by atoms with Gasteiger partial charge in [0.1, 0.15) is 6.61 Å². The van der Waals surface area contributed by atoms with Crippen LogP contribution in [0.3, 0.4) is 0 Å². The van der Waals surface area contributed by atoms with Crippen LogP contribution in [0.2, 0.25) is 0 Å². The van der Waals surface area contributed by atoms with Gasteiger partial charge in [0.15, 0.2) is 0 Å². The lowest BCUT2D eigenvalue weighted by atomic mass is 9.43. The lowest BCUT2D eigenvalue weighted by Crippen LogP contribution is -2.62. The van der Waals surface area contributed by atoms with Gasteiger partial charge < -0.3 is 15.6 Å². The molecule has 0 amide bonds. The summed E-state index contributed by atoms with van der Waals surface area (Å²) in [6, 6.07) is 0.374. The van der Waals surface area contributed by atoms with Crippen LogP contribution in [0.4, 0.5) is 0 Å². The molecule has 5 rings (SSSR count). The van der Waals surface area contributed by atoms with Crippen molar-refractivity contribution in [3.63, 3.8) is 0 Å². The van der Waals surface area contributed by atoms with E-state index < -0.39 is 5.60 Å². The molecule has 5 aliphatic rings. The van der Waals surface area contributed by atoms with Crippen molar-refractivity contribution in [3.05, 3.63) is 11.6 Å².